The quantitative estimate of drug-likeness (QED) is 0.518. The Balaban J connectivity index is 2.38. The van der Waals surface area contributed by atoms with E-state index in [9.17, 15) is 24.3 Å². The summed E-state index contributed by atoms with van der Waals surface area (Å²) in [6.45, 7) is 4.28. The van der Waals surface area contributed by atoms with Crippen LogP contribution in [0.25, 0.3) is 0 Å². The third kappa shape index (κ3) is 9.83. The molecular formula is C18H25N3O6. The van der Waals surface area contributed by atoms with Gasteiger partial charge in [0.15, 0.2) is 0 Å². The number of carboxylic acids is 1. The van der Waals surface area contributed by atoms with Crippen molar-refractivity contribution < 1.29 is 29.0 Å². The first-order valence-corrected chi connectivity index (χ1v) is 8.36. The van der Waals surface area contributed by atoms with Crippen LogP contribution in [0.1, 0.15) is 26.3 Å². The van der Waals surface area contributed by atoms with Crippen molar-refractivity contribution in [2.75, 3.05) is 13.1 Å². The molecule has 0 heterocycles. The Kier molecular flexibility index (Phi) is 8.25. The summed E-state index contributed by atoms with van der Waals surface area (Å²) in [5, 5.41) is 16.1. The number of hydrogen-bond donors (Lipinski definition) is 4. The first-order valence-electron chi connectivity index (χ1n) is 8.36. The van der Waals surface area contributed by atoms with Crippen LogP contribution in [0.3, 0.4) is 0 Å². The summed E-state index contributed by atoms with van der Waals surface area (Å²) in [6.07, 6.45) is -0.633. The number of hydrogen-bond acceptors (Lipinski definition) is 5. The molecule has 0 saturated carbocycles. The van der Waals surface area contributed by atoms with Crippen molar-refractivity contribution in [1.82, 2.24) is 16.0 Å². The summed E-state index contributed by atoms with van der Waals surface area (Å²) in [5.74, 6) is -2.43. The first kappa shape index (κ1) is 21.9. The molecule has 0 aliphatic carbocycles. The predicted molar refractivity (Wildman–Crippen MR) is 97.0 cm³/mol. The van der Waals surface area contributed by atoms with Gasteiger partial charge in [-0.15, -0.1) is 0 Å². The zero-order chi connectivity index (χ0) is 20.4. The van der Waals surface area contributed by atoms with Crippen molar-refractivity contribution in [3.8, 4) is 0 Å². The van der Waals surface area contributed by atoms with E-state index in [1.165, 1.54) is 0 Å². The Hall–Kier alpha value is -3.10. The van der Waals surface area contributed by atoms with Crippen molar-refractivity contribution in [3.05, 3.63) is 35.9 Å². The second-order valence-corrected chi connectivity index (χ2v) is 6.78. The van der Waals surface area contributed by atoms with Crippen molar-refractivity contribution >= 4 is 23.9 Å². The summed E-state index contributed by atoms with van der Waals surface area (Å²) in [5.41, 5.74) is 0.0706. The third-order valence-electron chi connectivity index (χ3n) is 3.15. The van der Waals surface area contributed by atoms with Crippen LogP contribution in [-0.2, 0) is 25.5 Å². The van der Waals surface area contributed by atoms with E-state index in [0.717, 1.165) is 5.56 Å². The zero-order valence-corrected chi connectivity index (χ0v) is 15.6. The van der Waals surface area contributed by atoms with Gasteiger partial charge in [-0.3, -0.25) is 9.59 Å². The van der Waals surface area contributed by atoms with Gasteiger partial charge in [0.2, 0.25) is 11.8 Å². The molecule has 1 unspecified atom stereocenters. The Labute approximate surface area is 157 Å². The number of carboxylic acid groups (broad SMARTS) is 1. The molecule has 0 spiro atoms. The van der Waals surface area contributed by atoms with Crippen molar-refractivity contribution in [2.24, 2.45) is 0 Å². The summed E-state index contributed by atoms with van der Waals surface area (Å²) in [4.78, 5) is 46.3. The van der Waals surface area contributed by atoms with Crippen LogP contribution in [0.2, 0.25) is 0 Å². The number of carbonyl (C=O) groups is 4. The lowest BCUT2D eigenvalue weighted by Gasteiger charge is -2.19. The van der Waals surface area contributed by atoms with E-state index < -0.39 is 42.1 Å². The second-order valence-electron chi connectivity index (χ2n) is 6.78. The lowest BCUT2D eigenvalue weighted by atomic mass is 10.1. The molecule has 1 aromatic carbocycles. The van der Waals surface area contributed by atoms with E-state index in [1.807, 2.05) is 0 Å². The van der Waals surface area contributed by atoms with Crippen LogP contribution in [0.5, 0.6) is 0 Å². The second kappa shape index (κ2) is 10.1. The van der Waals surface area contributed by atoms with Crippen LogP contribution >= 0.6 is 0 Å². The van der Waals surface area contributed by atoms with E-state index in [1.54, 1.807) is 51.1 Å². The molecule has 4 N–H and O–H groups in total. The maximum Gasteiger partial charge on any atom is 0.408 e. The van der Waals surface area contributed by atoms with Crippen molar-refractivity contribution in [2.45, 2.75) is 38.8 Å². The van der Waals surface area contributed by atoms with Gasteiger partial charge in [-0.05, 0) is 26.3 Å². The minimum atomic E-state index is -1.18. The van der Waals surface area contributed by atoms with Gasteiger partial charge in [0, 0.05) is 6.42 Å². The SMILES string of the molecule is CC(C)(C)OC(=O)NCC(=O)NCC(=O)NC(Cc1ccccc1)C(=O)O. The molecular weight excluding hydrogens is 354 g/mol. The fourth-order valence-corrected chi connectivity index (χ4v) is 2.00. The number of rotatable bonds is 8. The molecule has 1 aromatic rings. The third-order valence-corrected chi connectivity index (χ3v) is 3.15. The number of nitrogens with one attached hydrogen (secondary N) is 3. The molecule has 1 atom stereocenters. The number of amides is 3. The highest BCUT2D eigenvalue weighted by Crippen LogP contribution is 2.06. The molecule has 0 saturated heterocycles. The van der Waals surface area contributed by atoms with E-state index in [2.05, 4.69) is 16.0 Å². The molecule has 9 heteroatoms. The minimum absolute atomic E-state index is 0.121. The normalized spacial score (nSPS) is 11.8. The molecule has 148 valence electrons. The maximum atomic E-state index is 11.9. The van der Waals surface area contributed by atoms with E-state index in [0.29, 0.717) is 0 Å². The van der Waals surface area contributed by atoms with Crippen molar-refractivity contribution in [1.29, 1.82) is 0 Å². The molecule has 0 aromatic heterocycles. The Morgan fingerprint density at radius 1 is 1.00 bits per heavy atom. The summed E-state index contributed by atoms with van der Waals surface area (Å²) in [6, 6.07) is 7.75. The van der Waals surface area contributed by atoms with Gasteiger partial charge in [-0.2, -0.15) is 0 Å². The van der Waals surface area contributed by atoms with E-state index in [-0.39, 0.29) is 13.0 Å². The highest BCUT2D eigenvalue weighted by atomic mass is 16.6. The van der Waals surface area contributed by atoms with Gasteiger partial charge >= 0.3 is 12.1 Å². The Morgan fingerprint density at radius 2 is 1.59 bits per heavy atom. The Morgan fingerprint density at radius 3 is 2.15 bits per heavy atom. The fraction of sp³-hybridized carbons (Fsp3) is 0.444. The first-order chi connectivity index (χ1) is 12.6. The van der Waals surface area contributed by atoms with Crippen LogP contribution in [0.15, 0.2) is 30.3 Å². The molecule has 9 nitrogen and oxygen atoms in total. The largest absolute Gasteiger partial charge is 0.480 e. The summed E-state index contributed by atoms with van der Waals surface area (Å²) in [7, 11) is 0. The molecule has 0 aliphatic heterocycles. The molecule has 27 heavy (non-hydrogen) atoms. The summed E-state index contributed by atoms with van der Waals surface area (Å²) >= 11 is 0. The van der Waals surface area contributed by atoms with Crippen molar-refractivity contribution in [3.63, 3.8) is 0 Å². The van der Waals surface area contributed by atoms with Gasteiger partial charge in [0.25, 0.3) is 0 Å². The summed E-state index contributed by atoms with van der Waals surface area (Å²) < 4.78 is 4.97. The molecule has 0 fully saturated rings. The van der Waals surface area contributed by atoms with Gasteiger partial charge < -0.3 is 25.8 Å². The average Bonchev–Trinajstić information content (AvgIpc) is 2.57. The van der Waals surface area contributed by atoms with Crippen LogP contribution < -0.4 is 16.0 Å². The maximum absolute atomic E-state index is 11.9. The molecule has 3 amide bonds. The monoisotopic (exact) mass is 379 g/mol. The van der Waals surface area contributed by atoms with Gasteiger partial charge in [0.05, 0.1) is 6.54 Å². The number of benzene rings is 1. The van der Waals surface area contributed by atoms with E-state index in [4.69, 9.17) is 4.74 Å². The topological polar surface area (TPSA) is 134 Å². The number of ether oxygens (including phenoxy) is 1. The number of carbonyl (C=O) groups excluding carboxylic acids is 3. The lowest BCUT2D eigenvalue weighted by Crippen LogP contribution is -2.48. The smallest absolute Gasteiger partial charge is 0.408 e. The molecule has 0 radical (unpaired) electrons. The predicted octanol–water partition coefficient (Wildman–Crippen LogP) is 0.439. The van der Waals surface area contributed by atoms with Crippen LogP contribution in [0.4, 0.5) is 4.79 Å². The minimum Gasteiger partial charge on any atom is -0.480 e. The zero-order valence-electron chi connectivity index (χ0n) is 15.6. The van der Waals surface area contributed by atoms with Gasteiger partial charge in [-0.1, -0.05) is 30.3 Å². The fourth-order valence-electron chi connectivity index (χ4n) is 2.00. The molecule has 0 aliphatic rings. The molecule has 1 rings (SSSR count). The highest BCUT2D eigenvalue weighted by Gasteiger charge is 2.21. The van der Waals surface area contributed by atoms with E-state index >= 15 is 0 Å². The standard InChI is InChI=1S/C18H25N3O6/c1-18(2,3)27-17(26)20-10-14(22)19-11-15(23)21-13(16(24)25)9-12-7-5-4-6-8-12/h4-8,13H,9-11H2,1-3H3,(H,19,22)(H,20,26)(H,21,23)(H,24,25). The average molecular weight is 379 g/mol. The number of aliphatic carboxylic acids is 1. The number of alkyl carbamates (subject to hydrolysis) is 1. The van der Waals surface area contributed by atoms with Crippen LogP contribution in [-0.4, -0.2) is 53.7 Å². The highest BCUT2D eigenvalue weighted by molar-refractivity contribution is 5.89. The lowest BCUT2D eigenvalue weighted by molar-refractivity contribution is -0.141. The molecule has 0 bridgehead atoms. The van der Waals surface area contributed by atoms with Crippen LogP contribution in [0, 0.1) is 0 Å². The van der Waals surface area contributed by atoms with Gasteiger partial charge in [0.1, 0.15) is 18.2 Å². The Bertz CT molecular complexity index is 669. The van der Waals surface area contributed by atoms with Gasteiger partial charge in [-0.25, -0.2) is 9.59 Å².